The van der Waals surface area contributed by atoms with Gasteiger partial charge in [-0.05, 0) is 31.5 Å². The Kier molecular flexibility index (Phi) is 4.92. The summed E-state index contributed by atoms with van der Waals surface area (Å²) in [6.07, 6.45) is 2.94. The molecule has 0 bridgehead atoms. The number of rotatable bonds is 6. The Morgan fingerprint density at radius 1 is 1.42 bits per heavy atom. The minimum absolute atomic E-state index is 0.284. The molecule has 106 valence electrons. The van der Waals surface area contributed by atoms with E-state index in [2.05, 4.69) is 29.6 Å². The molecule has 0 radical (unpaired) electrons. The number of fused-ring (bicyclic) bond motifs is 1. The molecule has 2 unspecified atom stereocenters. The predicted octanol–water partition coefficient (Wildman–Crippen LogP) is 2.29. The molecule has 19 heavy (non-hydrogen) atoms. The van der Waals surface area contributed by atoms with E-state index in [1.807, 2.05) is 18.8 Å². The lowest BCUT2D eigenvalue weighted by Gasteiger charge is -2.23. The summed E-state index contributed by atoms with van der Waals surface area (Å²) < 4.78 is 22.4. The molecule has 2 atom stereocenters. The molecule has 1 aliphatic rings. The second kappa shape index (κ2) is 6.29. The van der Waals surface area contributed by atoms with Crippen LogP contribution >= 0.6 is 11.8 Å². The van der Waals surface area contributed by atoms with Crippen LogP contribution in [0.4, 0.5) is 0 Å². The van der Waals surface area contributed by atoms with E-state index in [0.29, 0.717) is 12.0 Å². The first kappa shape index (κ1) is 14.9. The van der Waals surface area contributed by atoms with Gasteiger partial charge >= 0.3 is 0 Å². The van der Waals surface area contributed by atoms with Gasteiger partial charge in [0.25, 0.3) is 0 Å². The molecule has 0 aromatic heterocycles. The predicted molar refractivity (Wildman–Crippen MR) is 81.7 cm³/mol. The SMILES string of the molecule is CNC(CCCS(C)(=O)=O)C1CSc2ccccc21. The normalized spacial score (nSPS) is 20.2. The quantitative estimate of drug-likeness (QED) is 0.875. The third-order valence-corrected chi connectivity index (χ3v) is 5.86. The molecule has 0 amide bonds. The molecule has 1 aliphatic heterocycles. The molecule has 1 heterocycles. The van der Waals surface area contributed by atoms with Crippen LogP contribution in [0, 0.1) is 0 Å². The third-order valence-electron chi connectivity index (χ3n) is 3.62. The van der Waals surface area contributed by atoms with Crippen LogP contribution in [0.15, 0.2) is 29.2 Å². The summed E-state index contributed by atoms with van der Waals surface area (Å²) in [4.78, 5) is 1.37. The van der Waals surface area contributed by atoms with E-state index in [4.69, 9.17) is 0 Å². The van der Waals surface area contributed by atoms with Gasteiger partial charge in [0.05, 0.1) is 0 Å². The smallest absolute Gasteiger partial charge is 0.147 e. The summed E-state index contributed by atoms with van der Waals surface area (Å²) in [5, 5.41) is 3.36. The van der Waals surface area contributed by atoms with Crippen LogP contribution in [0.3, 0.4) is 0 Å². The fourth-order valence-corrected chi connectivity index (χ4v) is 4.66. The average Bonchev–Trinajstić information content (AvgIpc) is 2.77. The van der Waals surface area contributed by atoms with Gasteiger partial charge in [0.15, 0.2) is 0 Å². The molecule has 0 saturated carbocycles. The number of thioether (sulfide) groups is 1. The van der Waals surface area contributed by atoms with E-state index in [-0.39, 0.29) is 5.75 Å². The molecule has 3 nitrogen and oxygen atoms in total. The monoisotopic (exact) mass is 299 g/mol. The molecule has 5 heteroatoms. The first-order valence-corrected chi connectivity index (χ1v) is 9.62. The van der Waals surface area contributed by atoms with Crippen molar-refractivity contribution in [1.29, 1.82) is 0 Å². The first-order chi connectivity index (χ1) is 9.01. The number of nitrogens with one attached hydrogen (secondary N) is 1. The highest BCUT2D eigenvalue weighted by molar-refractivity contribution is 7.99. The van der Waals surface area contributed by atoms with Crippen LogP contribution in [0.2, 0.25) is 0 Å². The van der Waals surface area contributed by atoms with Crippen molar-refractivity contribution in [3.05, 3.63) is 29.8 Å². The van der Waals surface area contributed by atoms with E-state index < -0.39 is 9.84 Å². The summed E-state index contributed by atoms with van der Waals surface area (Å²) in [6, 6.07) is 8.88. The van der Waals surface area contributed by atoms with Gasteiger partial charge in [-0.25, -0.2) is 8.42 Å². The van der Waals surface area contributed by atoms with Crippen molar-refractivity contribution in [3.63, 3.8) is 0 Å². The Hall–Kier alpha value is -0.520. The maximum absolute atomic E-state index is 11.2. The van der Waals surface area contributed by atoms with Crippen molar-refractivity contribution < 1.29 is 8.42 Å². The fourth-order valence-electron chi connectivity index (χ4n) is 2.63. The van der Waals surface area contributed by atoms with Gasteiger partial charge in [0.2, 0.25) is 0 Å². The number of hydrogen-bond donors (Lipinski definition) is 1. The molecule has 0 saturated heterocycles. The lowest BCUT2D eigenvalue weighted by atomic mass is 9.91. The molecule has 1 N–H and O–H groups in total. The van der Waals surface area contributed by atoms with Gasteiger partial charge in [-0.2, -0.15) is 0 Å². The first-order valence-electron chi connectivity index (χ1n) is 6.58. The molecule has 0 fully saturated rings. The van der Waals surface area contributed by atoms with Crippen LogP contribution in [-0.4, -0.2) is 39.3 Å². The van der Waals surface area contributed by atoms with E-state index in [1.165, 1.54) is 16.7 Å². The standard InChI is InChI=1S/C14H21NO2S2/c1-15-13(7-5-9-19(2,16)17)12-10-18-14-8-4-3-6-11(12)14/h3-4,6,8,12-13,15H,5,7,9-10H2,1-2H3. The van der Waals surface area contributed by atoms with E-state index in [9.17, 15) is 8.42 Å². The lowest BCUT2D eigenvalue weighted by Crippen LogP contribution is -2.32. The summed E-state index contributed by atoms with van der Waals surface area (Å²) in [7, 11) is -0.876. The summed E-state index contributed by atoms with van der Waals surface area (Å²) in [6.45, 7) is 0. The van der Waals surface area contributed by atoms with Crippen molar-refractivity contribution >= 4 is 21.6 Å². The van der Waals surface area contributed by atoms with Crippen LogP contribution in [0.1, 0.15) is 24.3 Å². The van der Waals surface area contributed by atoms with Gasteiger partial charge in [0, 0.05) is 34.6 Å². The maximum atomic E-state index is 11.2. The van der Waals surface area contributed by atoms with E-state index in [0.717, 1.165) is 18.6 Å². The van der Waals surface area contributed by atoms with Gasteiger partial charge in [-0.3, -0.25) is 0 Å². The lowest BCUT2D eigenvalue weighted by molar-refractivity contribution is 0.456. The second-order valence-electron chi connectivity index (χ2n) is 5.12. The van der Waals surface area contributed by atoms with Crippen LogP contribution < -0.4 is 5.32 Å². The Morgan fingerprint density at radius 2 is 2.16 bits per heavy atom. The van der Waals surface area contributed by atoms with Crippen molar-refractivity contribution in [2.45, 2.75) is 29.7 Å². The fraction of sp³-hybridized carbons (Fsp3) is 0.571. The molecule has 0 spiro atoms. The molecule has 0 aliphatic carbocycles. The zero-order valence-corrected chi connectivity index (χ0v) is 13.1. The van der Waals surface area contributed by atoms with Crippen molar-refractivity contribution in [1.82, 2.24) is 5.32 Å². The van der Waals surface area contributed by atoms with Gasteiger partial charge < -0.3 is 5.32 Å². The average molecular weight is 299 g/mol. The van der Waals surface area contributed by atoms with Crippen LogP contribution in [0.25, 0.3) is 0 Å². The highest BCUT2D eigenvalue weighted by Gasteiger charge is 2.29. The molecule has 2 rings (SSSR count). The van der Waals surface area contributed by atoms with Crippen molar-refractivity contribution in [2.24, 2.45) is 0 Å². The van der Waals surface area contributed by atoms with Gasteiger partial charge in [-0.1, -0.05) is 18.2 Å². The zero-order valence-electron chi connectivity index (χ0n) is 11.4. The summed E-state index contributed by atoms with van der Waals surface area (Å²) in [5.41, 5.74) is 1.41. The van der Waals surface area contributed by atoms with E-state index >= 15 is 0 Å². The van der Waals surface area contributed by atoms with Gasteiger partial charge in [0.1, 0.15) is 9.84 Å². The van der Waals surface area contributed by atoms with Crippen molar-refractivity contribution in [2.75, 3.05) is 24.8 Å². The number of likely N-dealkylation sites (N-methyl/N-ethyl adjacent to an activating group) is 1. The van der Waals surface area contributed by atoms with Crippen molar-refractivity contribution in [3.8, 4) is 0 Å². The summed E-state index contributed by atoms with van der Waals surface area (Å²) in [5.74, 6) is 1.86. The Morgan fingerprint density at radius 3 is 2.84 bits per heavy atom. The maximum Gasteiger partial charge on any atom is 0.147 e. The minimum atomic E-state index is -2.85. The Labute approximate surface area is 120 Å². The number of hydrogen-bond acceptors (Lipinski definition) is 4. The largest absolute Gasteiger partial charge is 0.316 e. The minimum Gasteiger partial charge on any atom is -0.316 e. The third kappa shape index (κ3) is 3.97. The zero-order chi connectivity index (χ0) is 13.9. The second-order valence-corrected chi connectivity index (χ2v) is 8.44. The van der Waals surface area contributed by atoms with Crippen LogP contribution in [-0.2, 0) is 9.84 Å². The topological polar surface area (TPSA) is 46.2 Å². The van der Waals surface area contributed by atoms with Crippen LogP contribution in [0.5, 0.6) is 0 Å². The molecular weight excluding hydrogens is 278 g/mol. The highest BCUT2D eigenvalue weighted by Crippen LogP contribution is 2.41. The molecule has 1 aromatic rings. The number of benzene rings is 1. The molecular formula is C14H21NO2S2. The highest BCUT2D eigenvalue weighted by atomic mass is 32.2. The Balaban J connectivity index is 2.00. The molecule has 1 aromatic carbocycles. The van der Waals surface area contributed by atoms with Gasteiger partial charge in [-0.15, -0.1) is 11.8 Å². The summed E-state index contributed by atoms with van der Waals surface area (Å²) >= 11 is 1.90. The van der Waals surface area contributed by atoms with E-state index in [1.54, 1.807) is 0 Å². The number of sulfone groups is 1. The Bertz CT molecular complexity index is 528.